The molecule has 1 N–H and O–H groups in total. The number of rotatable bonds is 4. The van der Waals surface area contributed by atoms with Crippen molar-refractivity contribution >= 4 is 22.4 Å². The van der Waals surface area contributed by atoms with E-state index in [1.54, 1.807) is 6.33 Å². The summed E-state index contributed by atoms with van der Waals surface area (Å²) >= 11 is 0. The first-order chi connectivity index (χ1) is 13.8. The average Bonchev–Trinajstić information content (AvgIpc) is 3.37. The predicted octanol–water partition coefficient (Wildman–Crippen LogP) is 4.43. The van der Waals surface area contributed by atoms with E-state index in [0.29, 0.717) is 6.04 Å². The van der Waals surface area contributed by atoms with Gasteiger partial charge in [0.05, 0.1) is 5.39 Å². The van der Waals surface area contributed by atoms with E-state index in [1.807, 2.05) is 12.2 Å². The molecule has 0 radical (unpaired) electrons. The molecule has 1 aromatic carbocycles. The third-order valence-electron chi connectivity index (χ3n) is 5.31. The topological polar surface area (TPSA) is 52.0 Å². The third kappa shape index (κ3) is 3.05. The van der Waals surface area contributed by atoms with E-state index in [2.05, 4.69) is 69.0 Å². The van der Waals surface area contributed by atoms with Crippen molar-refractivity contribution in [2.24, 2.45) is 0 Å². The van der Waals surface area contributed by atoms with Gasteiger partial charge in [0, 0.05) is 42.3 Å². The Hall–Kier alpha value is -3.14. The summed E-state index contributed by atoms with van der Waals surface area (Å²) in [6.45, 7) is 3.69. The number of nitrogens with zero attached hydrogens (tertiary/aromatic N) is 3. The zero-order chi connectivity index (χ0) is 18.9. The number of benzene rings is 1. The van der Waals surface area contributed by atoms with Crippen molar-refractivity contribution in [3.63, 3.8) is 0 Å². The third-order valence-corrected chi connectivity index (χ3v) is 5.31. The molecule has 5 rings (SSSR count). The van der Waals surface area contributed by atoms with Crippen molar-refractivity contribution in [3.8, 4) is 5.69 Å². The Morgan fingerprint density at radius 1 is 1.21 bits per heavy atom. The molecule has 0 unspecified atom stereocenters. The quantitative estimate of drug-likeness (QED) is 0.691. The Balaban J connectivity index is 1.69. The van der Waals surface area contributed by atoms with E-state index in [0.717, 1.165) is 59.7 Å². The number of fused-ring (bicyclic) bond motifs is 1. The van der Waals surface area contributed by atoms with Crippen LogP contribution in [0, 0.1) is 6.92 Å². The van der Waals surface area contributed by atoms with Crippen molar-refractivity contribution in [1.82, 2.24) is 14.5 Å². The molecule has 5 nitrogen and oxygen atoms in total. The summed E-state index contributed by atoms with van der Waals surface area (Å²) in [7, 11) is 0. The largest absolute Gasteiger partial charge is 0.381 e. The lowest BCUT2D eigenvalue weighted by Crippen LogP contribution is -2.28. The zero-order valence-corrected chi connectivity index (χ0v) is 15.9. The molecule has 1 aliphatic heterocycles. The normalized spacial score (nSPS) is 16.7. The summed E-state index contributed by atoms with van der Waals surface area (Å²) in [4.78, 5) is 9.25. The monoisotopic (exact) mass is 370 g/mol. The van der Waals surface area contributed by atoms with Gasteiger partial charge in [0.15, 0.2) is 5.65 Å². The van der Waals surface area contributed by atoms with Gasteiger partial charge >= 0.3 is 0 Å². The molecule has 28 heavy (non-hydrogen) atoms. The van der Waals surface area contributed by atoms with Gasteiger partial charge in [0.1, 0.15) is 12.1 Å². The summed E-state index contributed by atoms with van der Waals surface area (Å²) in [6.07, 6.45) is 11.8. The average molecular weight is 370 g/mol. The number of hydrogen-bond donors (Lipinski definition) is 1. The number of aryl methyl sites for hydroxylation is 1. The van der Waals surface area contributed by atoms with E-state index in [9.17, 15) is 0 Å². The SMILES string of the molecule is Cc1cccc(-n2cc(C3=C=CC=C3)c3c(NC4CCOCC4)ncnc32)c1. The number of allylic oxidation sites excluding steroid dienone is 3. The smallest absolute Gasteiger partial charge is 0.150 e. The molecular formula is C23H22N4O. The van der Waals surface area contributed by atoms with Crippen molar-refractivity contribution in [3.05, 3.63) is 71.9 Å². The highest BCUT2D eigenvalue weighted by atomic mass is 16.5. The van der Waals surface area contributed by atoms with Crippen LogP contribution in [0.15, 0.2) is 60.7 Å². The maximum absolute atomic E-state index is 5.50. The second kappa shape index (κ2) is 7.12. The number of ether oxygens (including phenoxy) is 1. The minimum Gasteiger partial charge on any atom is -0.381 e. The van der Waals surface area contributed by atoms with Crippen LogP contribution in [0.4, 0.5) is 5.82 Å². The summed E-state index contributed by atoms with van der Waals surface area (Å²) < 4.78 is 7.65. The van der Waals surface area contributed by atoms with Gasteiger partial charge in [0.25, 0.3) is 0 Å². The first-order valence-electron chi connectivity index (χ1n) is 9.71. The molecular weight excluding hydrogens is 348 g/mol. The lowest BCUT2D eigenvalue weighted by atomic mass is 10.1. The van der Waals surface area contributed by atoms with E-state index in [4.69, 9.17) is 4.74 Å². The maximum Gasteiger partial charge on any atom is 0.150 e. The van der Waals surface area contributed by atoms with Crippen molar-refractivity contribution < 1.29 is 4.74 Å². The summed E-state index contributed by atoms with van der Waals surface area (Å²) in [5.74, 6) is 0.882. The van der Waals surface area contributed by atoms with Gasteiger partial charge in [-0.1, -0.05) is 18.2 Å². The lowest BCUT2D eigenvalue weighted by molar-refractivity contribution is 0.0904. The molecule has 1 fully saturated rings. The van der Waals surface area contributed by atoms with Gasteiger partial charge in [-0.25, -0.2) is 9.97 Å². The van der Waals surface area contributed by atoms with Gasteiger partial charge in [-0.2, -0.15) is 0 Å². The number of aromatic nitrogens is 3. The second-order valence-electron chi connectivity index (χ2n) is 7.29. The van der Waals surface area contributed by atoms with Crippen LogP contribution >= 0.6 is 0 Å². The Bertz CT molecular complexity index is 1130. The lowest BCUT2D eigenvalue weighted by Gasteiger charge is -2.24. The first-order valence-corrected chi connectivity index (χ1v) is 9.71. The summed E-state index contributed by atoms with van der Waals surface area (Å²) in [5.41, 5.74) is 8.70. The molecule has 3 heterocycles. The molecule has 3 aromatic rings. The van der Waals surface area contributed by atoms with Crippen LogP contribution in [0.25, 0.3) is 22.3 Å². The van der Waals surface area contributed by atoms with Gasteiger partial charge in [-0.3, -0.25) is 0 Å². The molecule has 0 bridgehead atoms. The van der Waals surface area contributed by atoms with Crippen LogP contribution < -0.4 is 5.32 Å². The Morgan fingerprint density at radius 3 is 2.89 bits per heavy atom. The van der Waals surface area contributed by atoms with Crippen LogP contribution in [0.5, 0.6) is 0 Å². The van der Waals surface area contributed by atoms with Gasteiger partial charge < -0.3 is 14.6 Å². The number of hydrogen-bond acceptors (Lipinski definition) is 4. The minimum atomic E-state index is 0.366. The van der Waals surface area contributed by atoms with E-state index in [1.165, 1.54) is 5.56 Å². The van der Waals surface area contributed by atoms with Crippen LogP contribution in [0.1, 0.15) is 24.0 Å². The highest BCUT2D eigenvalue weighted by Crippen LogP contribution is 2.34. The molecule has 1 saturated heterocycles. The van der Waals surface area contributed by atoms with E-state index < -0.39 is 0 Å². The molecule has 5 heteroatoms. The van der Waals surface area contributed by atoms with E-state index >= 15 is 0 Å². The molecule has 140 valence electrons. The fraction of sp³-hybridized carbons (Fsp3) is 0.261. The van der Waals surface area contributed by atoms with Crippen molar-refractivity contribution in [2.45, 2.75) is 25.8 Å². The standard InChI is InChI=1S/C23H22N4O/c1-16-5-4-8-19(13-16)27-14-20(17-6-2-3-7-17)21-22(24-15-25-23(21)27)26-18-9-11-28-12-10-18/h2-6,8,13-15,18H,9-12H2,1H3,(H,24,25,26). The number of nitrogens with one attached hydrogen (secondary N) is 1. The Labute approximate surface area is 164 Å². The summed E-state index contributed by atoms with van der Waals surface area (Å²) in [6, 6.07) is 8.83. The van der Waals surface area contributed by atoms with Gasteiger partial charge in [-0.15, -0.1) is 5.73 Å². The minimum absolute atomic E-state index is 0.366. The highest BCUT2D eigenvalue weighted by molar-refractivity contribution is 6.01. The Kier molecular flexibility index (Phi) is 4.32. The zero-order valence-electron chi connectivity index (χ0n) is 15.9. The van der Waals surface area contributed by atoms with Gasteiger partial charge in [-0.05, 0) is 49.6 Å². The molecule has 1 aliphatic carbocycles. The Morgan fingerprint density at radius 2 is 2.11 bits per heavy atom. The molecule has 0 atom stereocenters. The molecule has 0 amide bonds. The fourth-order valence-corrected chi connectivity index (χ4v) is 3.88. The molecule has 0 saturated carbocycles. The predicted molar refractivity (Wildman–Crippen MR) is 112 cm³/mol. The van der Waals surface area contributed by atoms with Crippen molar-refractivity contribution in [2.75, 3.05) is 18.5 Å². The van der Waals surface area contributed by atoms with Crippen LogP contribution in [0.3, 0.4) is 0 Å². The molecule has 2 aliphatic rings. The first kappa shape index (κ1) is 17.0. The second-order valence-corrected chi connectivity index (χ2v) is 7.29. The summed E-state index contributed by atoms with van der Waals surface area (Å²) in [5, 5.41) is 4.68. The van der Waals surface area contributed by atoms with Crippen LogP contribution in [-0.4, -0.2) is 33.8 Å². The van der Waals surface area contributed by atoms with Crippen molar-refractivity contribution in [1.29, 1.82) is 0 Å². The number of anilines is 1. The molecule has 0 spiro atoms. The maximum atomic E-state index is 5.50. The van der Waals surface area contributed by atoms with Crippen LogP contribution in [0.2, 0.25) is 0 Å². The fourth-order valence-electron chi connectivity index (χ4n) is 3.88. The molecule has 2 aromatic heterocycles. The highest BCUT2D eigenvalue weighted by Gasteiger charge is 2.21. The van der Waals surface area contributed by atoms with E-state index in [-0.39, 0.29) is 0 Å². The van der Waals surface area contributed by atoms with Crippen LogP contribution in [-0.2, 0) is 4.74 Å². The van der Waals surface area contributed by atoms with Gasteiger partial charge in [0.2, 0.25) is 0 Å².